The highest BCUT2D eigenvalue weighted by Crippen LogP contribution is 2.34. The number of nitrogens with zero attached hydrogens (tertiary/aromatic N) is 3. The Bertz CT molecular complexity index is 1260. The Hall–Kier alpha value is -4.18. The number of piperidine rings is 1. The average Bonchev–Trinajstić information content (AvgIpc) is 3.39. The molecule has 2 amide bonds. The highest BCUT2D eigenvalue weighted by atomic mass is 19.4. The van der Waals surface area contributed by atoms with E-state index in [-0.39, 0.29) is 23.3 Å². The van der Waals surface area contributed by atoms with Gasteiger partial charge < -0.3 is 25.6 Å². The molecule has 0 spiro atoms. The van der Waals surface area contributed by atoms with E-state index in [0.717, 1.165) is 62.3 Å². The molecule has 0 bridgehead atoms. The molecule has 1 fully saturated rings. The predicted octanol–water partition coefficient (Wildman–Crippen LogP) is 3.27. The molecule has 1 saturated heterocycles. The van der Waals surface area contributed by atoms with Gasteiger partial charge in [0, 0.05) is 44.0 Å². The summed E-state index contributed by atoms with van der Waals surface area (Å²) in [6.07, 6.45) is 1.36. The van der Waals surface area contributed by atoms with Gasteiger partial charge in [0.05, 0.1) is 0 Å². The average molecular weight is 533 g/mol. The number of hydrogen-bond acceptors (Lipinski definition) is 6. The van der Waals surface area contributed by atoms with Crippen LogP contribution in [0.3, 0.4) is 0 Å². The highest BCUT2D eigenvalue weighted by molar-refractivity contribution is 6.03. The molecule has 3 heterocycles. The third-order valence-electron chi connectivity index (χ3n) is 6.23. The normalized spacial score (nSPS) is 16.0. The fourth-order valence-corrected chi connectivity index (χ4v) is 4.24. The lowest BCUT2D eigenvalue weighted by atomic mass is 9.86. The van der Waals surface area contributed by atoms with Gasteiger partial charge in [-0.25, -0.2) is 9.78 Å². The first-order chi connectivity index (χ1) is 18.0. The van der Waals surface area contributed by atoms with Crippen LogP contribution in [0.4, 0.5) is 18.9 Å². The number of anilines is 1. The number of benzene rings is 1. The summed E-state index contributed by atoms with van der Waals surface area (Å²) < 4.78 is 31.7. The topological polar surface area (TPSA) is 151 Å². The van der Waals surface area contributed by atoms with Crippen LogP contribution in [-0.4, -0.2) is 70.1 Å². The SMILES string of the molecule is CC(=O)N1CCC(c2ccc(NC(=O)c3nc(C#N)c[nH]3)c(C3=CCCNC3)c2)CC1.O=C(O)C(F)(F)F. The second kappa shape index (κ2) is 12.4. The molecule has 2 aliphatic heterocycles. The van der Waals surface area contributed by atoms with Gasteiger partial charge in [-0.1, -0.05) is 12.1 Å². The number of carbonyl (C=O) groups excluding carboxylic acids is 2. The second-order valence-electron chi connectivity index (χ2n) is 8.78. The zero-order valence-electron chi connectivity index (χ0n) is 20.6. The number of carbonyl (C=O) groups is 3. The van der Waals surface area contributed by atoms with Crippen LogP contribution in [0.2, 0.25) is 0 Å². The Labute approximate surface area is 216 Å². The minimum atomic E-state index is -5.08. The van der Waals surface area contributed by atoms with Crippen molar-refractivity contribution in [2.75, 3.05) is 31.5 Å². The molecule has 0 atom stereocenters. The molecule has 38 heavy (non-hydrogen) atoms. The van der Waals surface area contributed by atoms with Crippen LogP contribution in [0.25, 0.3) is 5.57 Å². The lowest BCUT2D eigenvalue weighted by Gasteiger charge is -2.32. The van der Waals surface area contributed by atoms with Crippen molar-refractivity contribution in [2.45, 2.75) is 38.3 Å². The molecule has 2 aromatic rings. The van der Waals surface area contributed by atoms with Gasteiger partial charge in [0.2, 0.25) is 5.91 Å². The molecule has 1 aromatic carbocycles. The quantitative estimate of drug-likeness (QED) is 0.472. The molecular weight excluding hydrogens is 505 g/mol. The first-order valence-corrected chi connectivity index (χ1v) is 11.9. The first kappa shape index (κ1) is 28.4. The van der Waals surface area contributed by atoms with Crippen molar-refractivity contribution in [3.05, 3.63) is 53.1 Å². The summed E-state index contributed by atoms with van der Waals surface area (Å²) in [4.78, 5) is 41.8. The molecule has 10 nitrogen and oxygen atoms in total. The number of nitriles is 1. The molecule has 13 heteroatoms. The van der Waals surface area contributed by atoms with E-state index in [1.54, 1.807) is 6.92 Å². The second-order valence-corrected chi connectivity index (χ2v) is 8.78. The minimum absolute atomic E-state index is 0.110. The minimum Gasteiger partial charge on any atom is -0.475 e. The van der Waals surface area contributed by atoms with Crippen LogP contribution in [0.15, 0.2) is 30.5 Å². The first-order valence-electron chi connectivity index (χ1n) is 11.9. The Morgan fingerprint density at radius 1 is 1.24 bits per heavy atom. The van der Waals surface area contributed by atoms with Crippen molar-refractivity contribution in [3.8, 4) is 6.07 Å². The number of carboxylic acid groups (broad SMARTS) is 1. The molecular formula is C25H27F3N6O4. The van der Waals surface area contributed by atoms with Crippen LogP contribution < -0.4 is 10.6 Å². The maximum atomic E-state index is 12.7. The summed E-state index contributed by atoms with van der Waals surface area (Å²) >= 11 is 0. The van der Waals surface area contributed by atoms with Crippen molar-refractivity contribution in [3.63, 3.8) is 0 Å². The van der Waals surface area contributed by atoms with Gasteiger partial charge in [-0.3, -0.25) is 9.59 Å². The van der Waals surface area contributed by atoms with Crippen LogP contribution >= 0.6 is 0 Å². The third-order valence-corrected chi connectivity index (χ3v) is 6.23. The van der Waals surface area contributed by atoms with Crippen molar-refractivity contribution >= 4 is 29.0 Å². The molecule has 1 aromatic heterocycles. The number of aromatic nitrogens is 2. The lowest BCUT2D eigenvalue weighted by Crippen LogP contribution is -2.36. The van der Waals surface area contributed by atoms with Gasteiger partial charge in [-0.2, -0.15) is 18.4 Å². The largest absolute Gasteiger partial charge is 0.490 e. The summed E-state index contributed by atoms with van der Waals surface area (Å²) in [5, 5.41) is 22.4. The number of alkyl halides is 3. The summed E-state index contributed by atoms with van der Waals surface area (Å²) in [5.41, 5.74) is 4.28. The van der Waals surface area contributed by atoms with Gasteiger partial charge in [0.1, 0.15) is 6.07 Å². The summed E-state index contributed by atoms with van der Waals surface area (Å²) in [5.74, 6) is -2.51. The van der Waals surface area contributed by atoms with Crippen LogP contribution in [0, 0.1) is 11.3 Å². The summed E-state index contributed by atoms with van der Waals surface area (Å²) in [7, 11) is 0. The number of hydrogen-bond donors (Lipinski definition) is 4. The Morgan fingerprint density at radius 3 is 2.45 bits per heavy atom. The van der Waals surface area contributed by atoms with E-state index in [9.17, 15) is 22.8 Å². The fourth-order valence-electron chi connectivity index (χ4n) is 4.24. The van der Waals surface area contributed by atoms with E-state index in [2.05, 4.69) is 38.8 Å². The number of carboxylic acids is 1. The Kier molecular flexibility index (Phi) is 9.25. The van der Waals surface area contributed by atoms with Gasteiger partial charge in [0.25, 0.3) is 5.91 Å². The molecule has 0 unspecified atom stereocenters. The van der Waals surface area contributed by atoms with Gasteiger partial charge in [0.15, 0.2) is 11.5 Å². The van der Waals surface area contributed by atoms with E-state index in [4.69, 9.17) is 15.2 Å². The molecule has 4 rings (SSSR count). The maximum absolute atomic E-state index is 12.7. The van der Waals surface area contributed by atoms with Gasteiger partial charge in [-0.05, 0) is 55.0 Å². The summed E-state index contributed by atoms with van der Waals surface area (Å²) in [6, 6.07) is 8.10. The third kappa shape index (κ3) is 7.42. The van der Waals surface area contributed by atoms with Gasteiger partial charge >= 0.3 is 12.1 Å². The number of amides is 2. The van der Waals surface area contributed by atoms with Crippen molar-refractivity contribution < 1.29 is 32.7 Å². The molecule has 4 N–H and O–H groups in total. The number of imidazole rings is 1. The molecule has 2 aliphatic rings. The summed E-state index contributed by atoms with van der Waals surface area (Å²) in [6.45, 7) is 4.86. The van der Waals surface area contributed by atoms with Crippen molar-refractivity contribution in [1.29, 1.82) is 5.26 Å². The number of aliphatic carboxylic acids is 1. The Balaban J connectivity index is 0.000000505. The van der Waals surface area contributed by atoms with E-state index in [0.29, 0.717) is 5.92 Å². The number of H-pyrrole nitrogens is 1. The standard InChI is InChI=1S/C23H26N6O2.C2HF3O2/c1-15(30)29-9-6-16(7-10-29)17-4-5-21(20(11-17)18-3-2-8-25-13-18)28-23(31)22-26-14-19(12-24)27-22;3-2(4,5)1(6)7/h3-5,11,14,16,25H,2,6-10,13H2,1H3,(H,26,27)(H,28,31);(H,6,7). The molecule has 0 aliphatic carbocycles. The highest BCUT2D eigenvalue weighted by Gasteiger charge is 2.38. The van der Waals surface area contributed by atoms with E-state index < -0.39 is 12.1 Å². The predicted molar refractivity (Wildman–Crippen MR) is 131 cm³/mol. The van der Waals surface area contributed by atoms with Crippen molar-refractivity contribution in [2.24, 2.45) is 0 Å². The van der Waals surface area contributed by atoms with Crippen LogP contribution in [0.5, 0.6) is 0 Å². The van der Waals surface area contributed by atoms with Crippen LogP contribution in [-0.2, 0) is 9.59 Å². The number of halogens is 3. The zero-order valence-corrected chi connectivity index (χ0v) is 20.6. The number of aromatic amines is 1. The smallest absolute Gasteiger partial charge is 0.475 e. The Morgan fingerprint density at radius 2 is 1.92 bits per heavy atom. The monoisotopic (exact) mass is 532 g/mol. The van der Waals surface area contributed by atoms with E-state index in [1.165, 1.54) is 11.8 Å². The maximum Gasteiger partial charge on any atom is 0.490 e. The fraction of sp³-hybridized carbons (Fsp3) is 0.400. The number of rotatable bonds is 4. The van der Waals surface area contributed by atoms with Crippen LogP contribution in [0.1, 0.15) is 59.5 Å². The molecule has 0 saturated carbocycles. The van der Waals surface area contributed by atoms with Crippen molar-refractivity contribution in [1.82, 2.24) is 20.2 Å². The van der Waals surface area contributed by atoms with Gasteiger partial charge in [-0.15, -0.1) is 0 Å². The number of nitrogens with one attached hydrogen (secondary N) is 3. The van der Waals surface area contributed by atoms with E-state index in [1.807, 2.05) is 17.0 Å². The number of likely N-dealkylation sites (tertiary alicyclic amines) is 1. The zero-order chi connectivity index (χ0) is 27.9. The molecule has 0 radical (unpaired) electrons. The lowest BCUT2D eigenvalue weighted by molar-refractivity contribution is -0.192. The van der Waals surface area contributed by atoms with E-state index >= 15 is 0 Å². The molecule has 202 valence electrons.